The molecule has 0 aromatic heterocycles. The first-order valence-electron chi connectivity index (χ1n) is 5.42. The Labute approximate surface area is 181 Å². The summed E-state index contributed by atoms with van der Waals surface area (Å²) in [5.41, 5.74) is 0.261. The molecule has 0 fully saturated rings. The van der Waals surface area contributed by atoms with Gasteiger partial charge in [-0.1, -0.05) is 36.4 Å². The van der Waals surface area contributed by atoms with Crippen LogP contribution in [-0.4, -0.2) is 41.5 Å². The Morgan fingerprint density at radius 1 is 0.727 bits per heavy atom. The maximum absolute atomic E-state index is 10.3. The molecular weight excluding hydrogens is 520 g/mol. The van der Waals surface area contributed by atoms with E-state index in [0.717, 1.165) is 0 Å². The average molecular weight is 531 g/mol. The van der Waals surface area contributed by atoms with Gasteiger partial charge in [-0.3, -0.25) is 0 Å². The fraction of sp³-hybridized carbons (Fsp3) is 0. The van der Waals surface area contributed by atoms with Crippen molar-refractivity contribution in [3.05, 3.63) is 59.7 Å². The molecule has 0 bridgehead atoms. The zero-order chi connectivity index (χ0) is 15.1. The first-order chi connectivity index (χ1) is 9.43. The molecule has 8 heteroatoms. The van der Waals surface area contributed by atoms with Crippen molar-refractivity contribution in [3.63, 3.8) is 0 Å². The van der Waals surface area contributed by atoms with Crippen LogP contribution >= 0.6 is 25.3 Å². The van der Waals surface area contributed by atoms with E-state index in [-0.39, 0.29) is 68.4 Å². The molecule has 2 aromatic carbocycles. The molecule has 0 aliphatic heterocycles. The summed E-state index contributed by atoms with van der Waals surface area (Å²) in [5.74, 6) is -2.38. The number of thiol groups is 2. The molecule has 0 saturated heterocycles. The van der Waals surface area contributed by atoms with E-state index in [4.69, 9.17) is 0 Å². The number of carbonyl (C=O) groups is 2. The van der Waals surface area contributed by atoms with Crippen LogP contribution in [0.3, 0.4) is 0 Å². The molecule has 0 spiro atoms. The van der Waals surface area contributed by atoms with Crippen LogP contribution in [-0.2, 0) is 27.7 Å². The van der Waals surface area contributed by atoms with E-state index in [1.807, 2.05) is 0 Å². The van der Waals surface area contributed by atoms with E-state index in [1.54, 1.807) is 36.4 Å². The van der Waals surface area contributed by atoms with Crippen molar-refractivity contribution < 1.29 is 47.5 Å². The van der Waals surface area contributed by atoms with Crippen molar-refractivity contribution in [2.75, 3.05) is 0 Å². The van der Waals surface area contributed by atoms with Gasteiger partial charge >= 0.3 is 57.2 Å². The fourth-order valence-corrected chi connectivity index (χ4v) is 1.80. The molecule has 22 heavy (non-hydrogen) atoms. The molecule has 0 N–H and O–H groups in total. The van der Waals surface area contributed by atoms with Gasteiger partial charge in [0.2, 0.25) is 0 Å². The second kappa shape index (κ2) is 12.4. The molecule has 106 valence electrons. The Morgan fingerprint density at radius 3 is 1.18 bits per heavy atom. The molecular formula is C14H11HgNaO4S2. The number of carboxylic acid groups (broad SMARTS) is 2. The van der Waals surface area contributed by atoms with Gasteiger partial charge in [-0.2, -0.15) is 0 Å². The minimum absolute atomic E-state index is 0. The van der Waals surface area contributed by atoms with Gasteiger partial charge < -0.3 is 19.8 Å². The van der Waals surface area contributed by atoms with Gasteiger partial charge in [-0.25, -0.2) is 0 Å². The van der Waals surface area contributed by atoms with Gasteiger partial charge in [0.1, 0.15) is 0 Å². The van der Waals surface area contributed by atoms with Crippen LogP contribution in [0.25, 0.3) is 0 Å². The fourth-order valence-electron chi connectivity index (χ4n) is 1.29. The summed E-state index contributed by atoms with van der Waals surface area (Å²) >= 11 is 7.83. The van der Waals surface area contributed by atoms with E-state index in [9.17, 15) is 19.8 Å². The zero-order valence-electron chi connectivity index (χ0n) is 10.9. The third-order valence-electron chi connectivity index (χ3n) is 2.25. The van der Waals surface area contributed by atoms with Crippen molar-refractivity contribution in [1.29, 1.82) is 0 Å². The summed E-state index contributed by atoms with van der Waals surface area (Å²) in [4.78, 5) is 21.4. The van der Waals surface area contributed by atoms with E-state index in [1.165, 1.54) is 12.1 Å². The third kappa shape index (κ3) is 8.03. The Hall–Kier alpha value is 0.0151. The molecule has 2 aromatic rings. The minimum atomic E-state index is -1.19. The Bertz CT molecular complexity index is 582. The van der Waals surface area contributed by atoms with Gasteiger partial charge in [0, 0.05) is 20.9 Å². The Kier molecular flexibility index (Phi) is 13.7. The molecule has 0 aliphatic carbocycles. The normalized spacial score (nSPS) is 8.45. The topological polar surface area (TPSA) is 80.3 Å². The number of carbonyl (C=O) groups excluding carboxylic acids is 2. The van der Waals surface area contributed by atoms with Gasteiger partial charge in [-0.05, 0) is 12.1 Å². The van der Waals surface area contributed by atoms with E-state index in [0.29, 0.717) is 9.79 Å². The number of hydrogen-bond donors (Lipinski definition) is 2. The van der Waals surface area contributed by atoms with Crippen molar-refractivity contribution in [2.45, 2.75) is 9.79 Å². The third-order valence-corrected chi connectivity index (χ3v) is 3.03. The predicted molar refractivity (Wildman–Crippen MR) is 83.2 cm³/mol. The van der Waals surface area contributed by atoms with Crippen LogP contribution in [0.1, 0.15) is 20.7 Å². The molecule has 0 heterocycles. The quantitative estimate of drug-likeness (QED) is 0.424. The molecule has 4 nitrogen and oxygen atoms in total. The summed E-state index contributed by atoms with van der Waals surface area (Å²) in [6.07, 6.45) is 0. The number of hydrogen-bond acceptors (Lipinski definition) is 6. The first-order valence-corrected chi connectivity index (χ1v) is 6.31. The van der Waals surface area contributed by atoms with Crippen LogP contribution in [0.4, 0.5) is 0 Å². The average Bonchev–Trinajstić information content (AvgIpc) is 2.40. The van der Waals surface area contributed by atoms with E-state index in [2.05, 4.69) is 25.3 Å². The maximum atomic E-state index is 10.3. The number of benzene rings is 2. The molecule has 0 saturated carbocycles. The molecule has 0 amide bonds. The number of rotatable bonds is 2. The Morgan fingerprint density at radius 2 is 1.00 bits per heavy atom. The van der Waals surface area contributed by atoms with Gasteiger partial charge in [0.25, 0.3) is 0 Å². The van der Waals surface area contributed by atoms with Crippen LogP contribution in [0.5, 0.6) is 0 Å². The van der Waals surface area contributed by atoms with Crippen molar-refractivity contribution in [2.24, 2.45) is 0 Å². The summed E-state index contributed by atoms with van der Waals surface area (Å²) in [5, 5.41) is 20.5. The van der Waals surface area contributed by atoms with Crippen LogP contribution < -0.4 is 10.2 Å². The second-order valence-corrected chi connectivity index (χ2v) is 4.57. The van der Waals surface area contributed by atoms with Crippen LogP contribution in [0.15, 0.2) is 58.3 Å². The van der Waals surface area contributed by atoms with Gasteiger partial charge in [-0.15, -0.1) is 25.3 Å². The van der Waals surface area contributed by atoms with Gasteiger partial charge in [0.15, 0.2) is 0 Å². The molecule has 0 radical (unpaired) electrons. The molecule has 2 rings (SSSR count). The number of aromatic carboxylic acids is 2. The van der Waals surface area contributed by atoms with E-state index < -0.39 is 11.9 Å². The first kappa shape index (κ1) is 24.3. The zero-order valence-corrected chi connectivity index (χ0v) is 18.1. The predicted octanol–water partition coefficient (Wildman–Crippen LogP) is 0.0266. The summed E-state index contributed by atoms with van der Waals surface area (Å²) in [7, 11) is 0. The SMILES string of the molecule is O=C([O-])c1ccccc1S.O=C([O-])c1ccccc1S.[Hg+2].[NaH]. The van der Waals surface area contributed by atoms with Crippen molar-refractivity contribution in [1.82, 2.24) is 0 Å². The second-order valence-electron chi connectivity index (χ2n) is 3.61. The number of carboxylic acids is 2. The molecule has 0 aliphatic rings. The summed E-state index contributed by atoms with van der Waals surface area (Å²) in [6.45, 7) is 0. The summed E-state index contributed by atoms with van der Waals surface area (Å²) < 4.78 is 0. The van der Waals surface area contributed by atoms with Gasteiger partial charge in [0.05, 0.1) is 11.9 Å². The standard InChI is InChI=1S/2C7H6O2S.Hg.Na.H/c2*8-7(9)5-3-1-2-4-6(5)10;;;/h2*1-4,10H,(H,8,9);;;/q;;+2;;/p-2. The van der Waals surface area contributed by atoms with Crippen LogP contribution in [0.2, 0.25) is 0 Å². The van der Waals surface area contributed by atoms with E-state index >= 15 is 0 Å². The van der Waals surface area contributed by atoms with Crippen molar-refractivity contribution in [3.8, 4) is 0 Å². The summed E-state index contributed by atoms with van der Waals surface area (Å²) in [6, 6.07) is 12.8. The molecule has 0 atom stereocenters. The molecule has 0 unspecified atom stereocenters. The van der Waals surface area contributed by atoms with Crippen molar-refractivity contribution >= 4 is 66.8 Å². The Balaban J connectivity index is 0. The monoisotopic (exact) mass is 532 g/mol. The van der Waals surface area contributed by atoms with Crippen LogP contribution in [0, 0.1) is 0 Å².